The Morgan fingerprint density at radius 3 is 2.37 bits per heavy atom. The van der Waals surface area contributed by atoms with Gasteiger partial charge in [0.05, 0.1) is 18.3 Å². The molecule has 1 N–H and O–H groups in total. The Morgan fingerprint density at radius 2 is 1.84 bits per heavy atom. The molecule has 0 aromatic heterocycles. The van der Waals surface area contributed by atoms with E-state index in [9.17, 15) is 5.11 Å². The van der Waals surface area contributed by atoms with Gasteiger partial charge in [-0.3, -0.25) is 0 Å². The lowest BCUT2D eigenvalue weighted by molar-refractivity contribution is 0.00545. The van der Waals surface area contributed by atoms with Gasteiger partial charge in [-0.2, -0.15) is 0 Å². The second kappa shape index (κ2) is 7.51. The minimum Gasteiger partial charge on any atom is -0.493 e. The van der Waals surface area contributed by atoms with Crippen molar-refractivity contribution in [1.29, 1.82) is 0 Å². The van der Waals surface area contributed by atoms with E-state index in [0.29, 0.717) is 6.61 Å². The van der Waals surface area contributed by atoms with Gasteiger partial charge >= 0.3 is 0 Å². The van der Waals surface area contributed by atoms with Crippen molar-refractivity contribution in [3.8, 4) is 5.75 Å². The minimum atomic E-state index is -0.243. The summed E-state index contributed by atoms with van der Waals surface area (Å²) in [6.07, 6.45) is 2.30. The molecule has 0 aliphatic carbocycles. The number of aryl methyl sites for hydroxylation is 1. The molecule has 0 saturated carbocycles. The fraction of sp³-hybridized carbons (Fsp3) is 0.625. The summed E-state index contributed by atoms with van der Waals surface area (Å²) in [5.41, 5.74) is 1.09. The molecule has 108 valence electrons. The number of ether oxygens (including phenoxy) is 2. The fourth-order valence-electron chi connectivity index (χ4n) is 1.64. The topological polar surface area (TPSA) is 38.7 Å². The van der Waals surface area contributed by atoms with Gasteiger partial charge in [0.15, 0.2) is 0 Å². The van der Waals surface area contributed by atoms with Crippen molar-refractivity contribution in [1.82, 2.24) is 0 Å². The maximum absolute atomic E-state index is 9.25. The number of hydrogen-bond acceptors (Lipinski definition) is 3. The highest BCUT2D eigenvalue weighted by Gasteiger charge is 2.15. The molecule has 1 atom stereocenters. The normalized spacial score (nSPS) is 13.3. The van der Waals surface area contributed by atoms with Gasteiger partial charge in [-0.15, -0.1) is 0 Å². The van der Waals surface area contributed by atoms with Gasteiger partial charge in [-0.1, -0.05) is 12.1 Å². The van der Waals surface area contributed by atoms with Crippen LogP contribution in [-0.2, 0) is 11.2 Å². The predicted octanol–water partition coefficient (Wildman–Crippen LogP) is 3.19. The average molecular weight is 266 g/mol. The van der Waals surface area contributed by atoms with Gasteiger partial charge in [-0.25, -0.2) is 0 Å². The molecule has 0 radical (unpaired) electrons. The third kappa shape index (κ3) is 6.60. The highest BCUT2D eigenvalue weighted by Crippen LogP contribution is 2.17. The lowest BCUT2D eigenvalue weighted by Gasteiger charge is -2.22. The quantitative estimate of drug-likeness (QED) is 0.785. The third-order valence-corrected chi connectivity index (χ3v) is 3.30. The van der Waals surface area contributed by atoms with E-state index in [1.165, 1.54) is 5.56 Å². The third-order valence-electron chi connectivity index (χ3n) is 3.30. The minimum absolute atomic E-state index is 0.142. The zero-order valence-electron chi connectivity index (χ0n) is 12.5. The average Bonchev–Trinajstić information content (AvgIpc) is 2.37. The van der Waals surface area contributed by atoms with E-state index in [1.807, 2.05) is 19.1 Å². The molecule has 0 aliphatic heterocycles. The number of aliphatic hydroxyl groups excluding tert-OH is 1. The number of aliphatic hydroxyl groups is 1. The van der Waals surface area contributed by atoms with Crippen LogP contribution in [0.15, 0.2) is 24.3 Å². The zero-order chi connectivity index (χ0) is 14.3. The Hall–Kier alpha value is -1.06. The van der Waals surface area contributed by atoms with Crippen LogP contribution < -0.4 is 4.74 Å². The molecule has 1 unspecified atom stereocenters. The van der Waals surface area contributed by atoms with E-state index in [1.54, 1.807) is 7.11 Å². The molecule has 3 heteroatoms. The second-order valence-corrected chi connectivity index (χ2v) is 5.59. The summed E-state index contributed by atoms with van der Waals surface area (Å²) in [6, 6.07) is 8.08. The van der Waals surface area contributed by atoms with Crippen molar-refractivity contribution in [3.05, 3.63) is 29.8 Å². The first-order chi connectivity index (χ1) is 8.93. The molecule has 1 aromatic rings. The Labute approximate surface area is 116 Å². The van der Waals surface area contributed by atoms with Crippen molar-refractivity contribution in [3.63, 3.8) is 0 Å². The monoisotopic (exact) mass is 266 g/mol. The lowest BCUT2D eigenvalue weighted by atomic mass is 10.1. The number of hydrogen-bond donors (Lipinski definition) is 1. The van der Waals surface area contributed by atoms with Crippen LogP contribution in [0.2, 0.25) is 0 Å². The SMILES string of the molecule is COC(C)(C)CCOc1ccc(CCC(C)O)cc1. The lowest BCUT2D eigenvalue weighted by Crippen LogP contribution is -2.25. The molecule has 1 rings (SSSR count). The van der Waals surface area contributed by atoms with Crippen molar-refractivity contribution in [2.24, 2.45) is 0 Å². The summed E-state index contributed by atoms with van der Waals surface area (Å²) in [7, 11) is 1.72. The maximum atomic E-state index is 9.25. The van der Waals surface area contributed by atoms with Crippen LogP contribution in [-0.4, -0.2) is 30.5 Å². The van der Waals surface area contributed by atoms with E-state index < -0.39 is 0 Å². The molecular formula is C16H26O3. The molecule has 1 aromatic carbocycles. The first-order valence-electron chi connectivity index (χ1n) is 6.88. The molecule has 0 spiro atoms. The Balaban J connectivity index is 2.36. The van der Waals surface area contributed by atoms with Crippen LogP contribution in [0.1, 0.15) is 39.2 Å². The number of methoxy groups -OCH3 is 1. The number of rotatable bonds is 8. The van der Waals surface area contributed by atoms with Crippen LogP contribution in [0.5, 0.6) is 5.75 Å². The predicted molar refractivity (Wildman–Crippen MR) is 77.6 cm³/mol. The van der Waals surface area contributed by atoms with E-state index in [-0.39, 0.29) is 11.7 Å². The van der Waals surface area contributed by atoms with E-state index in [2.05, 4.69) is 26.0 Å². The largest absolute Gasteiger partial charge is 0.493 e. The molecule has 0 fully saturated rings. The van der Waals surface area contributed by atoms with Crippen molar-refractivity contribution in [2.45, 2.75) is 51.7 Å². The smallest absolute Gasteiger partial charge is 0.119 e. The standard InChI is InChI=1S/C16H26O3/c1-13(17)5-6-14-7-9-15(10-8-14)19-12-11-16(2,3)18-4/h7-10,13,17H,5-6,11-12H2,1-4H3. The van der Waals surface area contributed by atoms with Crippen LogP contribution >= 0.6 is 0 Å². The first kappa shape index (κ1) is 16.0. The maximum Gasteiger partial charge on any atom is 0.119 e. The molecule has 0 heterocycles. The van der Waals surface area contributed by atoms with Crippen molar-refractivity contribution < 1.29 is 14.6 Å². The van der Waals surface area contributed by atoms with Crippen LogP contribution in [0.3, 0.4) is 0 Å². The van der Waals surface area contributed by atoms with Gasteiger partial charge in [0.2, 0.25) is 0 Å². The molecule has 0 amide bonds. The van der Waals surface area contributed by atoms with Crippen LogP contribution in [0, 0.1) is 0 Å². The number of benzene rings is 1. The summed E-state index contributed by atoms with van der Waals surface area (Å²) < 4.78 is 11.0. The molecule has 3 nitrogen and oxygen atoms in total. The highest BCUT2D eigenvalue weighted by atomic mass is 16.5. The molecule has 0 aliphatic rings. The van der Waals surface area contributed by atoms with Gasteiger partial charge in [0.1, 0.15) is 5.75 Å². The van der Waals surface area contributed by atoms with E-state index >= 15 is 0 Å². The summed E-state index contributed by atoms with van der Waals surface area (Å²) in [5, 5.41) is 9.25. The van der Waals surface area contributed by atoms with Gasteiger partial charge < -0.3 is 14.6 Å². The van der Waals surface area contributed by atoms with E-state index in [0.717, 1.165) is 25.0 Å². The van der Waals surface area contributed by atoms with Crippen molar-refractivity contribution >= 4 is 0 Å². The molecule has 0 saturated heterocycles. The second-order valence-electron chi connectivity index (χ2n) is 5.59. The van der Waals surface area contributed by atoms with Crippen LogP contribution in [0.4, 0.5) is 0 Å². The summed E-state index contributed by atoms with van der Waals surface area (Å²) in [5.74, 6) is 0.882. The first-order valence-corrected chi connectivity index (χ1v) is 6.88. The zero-order valence-corrected chi connectivity index (χ0v) is 12.5. The van der Waals surface area contributed by atoms with Gasteiger partial charge in [-0.05, 0) is 51.3 Å². The van der Waals surface area contributed by atoms with E-state index in [4.69, 9.17) is 9.47 Å². The highest BCUT2D eigenvalue weighted by molar-refractivity contribution is 5.27. The Kier molecular flexibility index (Phi) is 6.32. The summed E-state index contributed by atoms with van der Waals surface area (Å²) in [6.45, 7) is 6.56. The van der Waals surface area contributed by atoms with Crippen LogP contribution in [0.25, 0.3) is 0 Å². The fourth-order valence-corrected chi connectivity index (χ4v) is 1.64. The molecule has 0 bridgehead atoms. The van der Waals surface area contributed by atoms with Crippen molar-refractivity contribution in [2.75, 3.05) is 13.7 Å². The Bertz CT molecular complexity index is 355. The summed E-state index contributed by atoms with van der Waals surface area (Å²) in [4.78, 5) is 0. The Morgan fingerprint density at radius 1 is 1.21 bits per heavy atom. The molecular weight excluding hydrogens is 240 g/mol. The summed E-state index contributed by atoms with van der Waals surface area (Å²) >= 11 is 0. The molecule has 19 heavy (non-hydrogen) atoms. The van der Waals surface area contributed by atoms with Gasteiger partial charge in [0, 0.05) is 13.5 Å². The van der Waals surface area contributed by atoms with Gasteiger partial charge in [0.25, 0.3) is 0 Å².